The quantitative estimate of drug-likeness (QED) is 0.624. The van der Waals surface area contributed by atoms with Crippen LogP contribution in [0.15, 0.2) is 0 Å². The average molecular weight is 258 g/mol. The Balaban J connectivity index is 3.90. The number of hydrogen-bond acceptors (Lipinski definition) is 2. The van der Waals surface area contributed by atoms with Crippen LogP contribution in [0.2, 0.25) is 0 Å². The minimum absolute atomic E-state index is 0.123. The molecule has 0 spiro atoms. The van der Waals surface area contributed by atoms with Crippen molar-refractivity contribution in [2.75, 3.05) is 6.54 Å². The lowest BCUT2D eigenvalue weighted by Crippen LogP contribution is -2.40. The van der Waals surface area contributed by atoms with Crippen LogP contribution in [-0.4, -0.2) is 29.7 Å². The van der Waals surface area contributed by atoms with Gasteiger partial charge in [-0.25, -0.2) is 4.79 Å². The predicted octanol–water partition coefficient (Wildman–Crippen LogP) is 2.22. The van der Waals surface area contributed by atoms with Gasteiger partial charge >= 0.3 is 12.0 Å². The van der Waals surface area contributed by atoms with Crippen LogP contribution in [0.3, 0.4) is 0 Å². The molecule has 5 nitrogen and oxygen atoms in total. The number of urea groups is 1. The smallest absolute Gasteiger partial charge is 0.314 e. The zero-order valence-corrected chi connectivity index (χ0v) is 11.8. The molecule has 18 heavy (non-hydrogen) atoms. The third-order valence-electron chi connectivity index (χ3n) is 2.89. The number of carboxylic acid groups (broad SMARTS) is 1. The summed E-state index contributed by atoms with van der Waals surface area (Å²) in [7, 11) is 0. The van der Waals surface area contributed by atoms with Gasteiger partial charge in [-0.1, -0.05) is 13.8 Å². The first-order valence-electron chi connectivity index (χ1n) is 6.59. The Bertz CT molecular complexity index is 265. The Hall–Kier alpha value is -1.26. The molecule has 0 aromatic heterocycles. The Kier molecular flexibility index (Phi) is 8.16. The highest BCUT2D eigenvalue weighted by atomic mass is 16.4. The van der Waals surface area contributed by atoms with Crippen LogP contribution in [0.4, 0.5) is 4.79 Å². The fourth-order valence-corrected chi connectivity index (χ4v) is 1.80. The molecule has 5 heteroatoms. The first-order valence-corrected chi connectivity index (χ1v) is 6.59. The van der Waals surface area contributed by atoms with Crippen molar-refractivity contribution in [1.29, 1.82) is 0 Å². The second-order valence-electron chi connectivity index (χ2n) is 5.28. The lowest BCUT2D eigenvalue weighted by atomic mass is 9.88. The molecule has 0 saturated carbocycles. The molecular formula is C13H26N2O3. The summed E-state index contributed by atoms with van der Waals surface area (Å²) in [5, 5.41) is 14.2. The van der Waals surface area contributed by atoms with E-state index in [1.807, 2.05) is 13.8 Å². The van der Waals surface area contributed by atoms with Gasteiger partial charge in [-0.2, -0.15) is 0 Å². The second kappa shape index (κ2) is 8.78. The zero-order chi connectivity index (χ0) is 14.1. The van der Waals surface area contributed by atoms with Crippen molar-refractivity contribution in [1.82, 2.24) is 10.6 Å². The molecule has 0 rings (SSSR count). The van der Waals surface area contributed by atoms with Gasteiger partial charge in [-0.15, -0.1) is 0 Å². The number of nitrogens with one attached hydrogen (secondary N) is 2. The molecular weight excluding hydrogens is 232 g/mol. The van der Waals surface area contributed by atoms with Gasteiger partial charge in [-0.3, -0.25) is 4.79 Å². The minimum Gasteiger partial charge on any atom is -0.481 e. The summed E-state index contributed by atoms with van der Waals surface area (Å²) in [6.07, 6.45) is 1.68. The van der Waals surface area contributed by atoms with Crippen LogP contribution < -0.4 is 10.6 Å². The molecule has 0 heterocycles. The third kappa shape index (κ3) is 8.84. The van der Waals surface area contributed by atoms with E-state index in [2.05, 4.69) is 24.5 Å². The molecule has 2 amide bonds. The van der Waals surface area contributed by atoms with Crippen molar-refractivity contribution in [2.24, 2.45) is 11.8 Å². The van der Waals surface area contributed by atoms with Gasteiger partial charge < -0.3 is 15.7 Å². The van der Waals surface area contributed by atoms with E-state index in [1.165, 1.54) is 0 Å². The summed E-state index contributed by atoms with van der Waals surface area (Å²) in [5.74, 6) is 0.00548. The fraction of sp³-hybridized carbons (Fsp3) is 0.846. The zero-order valence-electron chi connectivity index (χ0n) is 11.8. The first kappa shape index (κ1) is 16.7. The summed E-state index contributed by atoms with van der Waals surface area (Å²) < 4.78 is 0. The van der Waals surface area contributed by atoms with Crippen LogP contribution in [0, 0.1) is 11.8 Å². The summed E-state index contributed by atoms with van der Waals surface area (Å²) in [5.41, 5.74) is 0. The van der Waals surface area contributed by atoms with Gasteiger partial charge in [0.05, 0.1) is 0 Å². The molecule has 106 valence electrons. The van der Waals surface area contributed by atoms with E-state index in [1.54, 1.807) is 0 Å². The molecule has 0 saturated heterocycles. The van der Waals surface area contributed by atoms with Gasteiger partial charge in [0, 0.05) is 19.0 Å². The van der Waals surface area contributed by atoms with Crippen molar-refractivity contribution in [3.63, 3.8) is 0 Å². The van der Waals surface area contributed by atoms with Crippen LogP contribution in [0.5, 0.6) is 0 Å². The lowest BCUT2D eigenvalue weighted by Gasteiger charge is -2.20. The van der Waals surface area contributed by atoms with E-state index in [0.29, 0.717) is 24.8 Å². The molecule has 3 N–H and O–H groups in total. The van der Waals surface area contributed by atoms with Gasteiger partial charge in [0.2, 0.25) is 0 Å². The number of carbonyl (C=O) groups excluding carboxylic acids is 1. The largest absolute Gasteiger partial charge is 0.481 e. The predicted molar refractivity (Wildman–Crippen MR) is 71.5 cm³/mol. The standard InChI is InChI=1S/C13H26N2O3/c1-9(2)11(5-6-12(16)17)7-8-14-13(18)15-10(3)4/h9-11H,5-8H2,1-4H3,(H,16,17)(H2,14,15,18). The first-order chi connectivity index (χ1) is 8.32. The number of amides is 2. The highest BCUT2D eigenvalue weighted by Crippen LogP contribution is 2.20. The number of aliphatic carboxylic acids is 1. The molecule has 0 aliphatic carbocycles. The molecule has 0 aromatic carbocycles. The van der Waals surface area contributed by atoms with Crippen molar-refractivity contribution in [3.8, 4) is 0 Å². The molecule has 0 aromatic rings. The van der Waals surface area contributed by atoms with Gasteiger partial charge in [-0.05, 0) is 38.5 Å². The van der Waals surface area contributed by atoms with E-state index in [9.17, 15) is 9.59 Å². The highest BCUT2D eigenvalue weighted by Gasteiger charge is 2.15. The Morgan fingerprint density at radius 1 is 1.11 bits per heavy atom. The van der Waals surface area contributed by atoms with E-state index >= 15 is 0 Å². The summed E-state index contributed by atoms with van der Waals surface area (Å²) in [6.45, 7) is 8.56. The van der Waals surface area contributed by atoms with Crippen molar-refractivity contribution in [2.45, 2.75) is 53.0 Å². The summed E-state index contributed by atoms with van der Waals surface area (Å²) >= 11 is 0. The molecule has 1 atom stereocenters. The monoisotopic (exact) mass is 258 g/mol. The minimum atomic E-state index is -0.758. The molecule has 0 aliphatic rings. The molecule has 0 fully saturated rings. The van der Waals surface area contributed by atoms with Gasteiger partial charge in [0.25, 0.3) is 0 Å². The normalized spacial score (nSPS) is 12.6. The van der Waals surface area contributed by atoms with Crippen LogP contribution >= 0.6 is 0 Å². The summed E-state index contributed by atoms with van der Waals surface area (Å²) in [6, 6.07) is -0.0383. The van der Waals surface area contributed by atoms with Crippen LogP contribution in [0.25, 0.3) is 0 Å². The molecule has 0 aliphatic heterocycles. The topological polar surface area (TPSA) is 78.4 Å². The molecule has 1 unspecified atom stereocenters. The SMILES string of the molecule is CC(C)NC(=O)NCCC(CCC(=O)O)C(C)C. The number of rotatable bonds is 8. The van der Waals surface area contributed by atoms with E-state index in [0.717, 1.165) is 6.42 Å². The van der Waals surface area contributed by atoms with Gasteiger partial charge in [0.15, 0.2) is 0 Å². The summed E-state index contributed by atoms with van der Waals surface area (Å²) in [4.78, 5) is 21.9. The van der Waals surface area contributed by atoms with Crippen molar-refractivity contribution < 1.29 is 14.7 Å². The van der Waals surface area contributed by atoms with E-state index in [-0.39, 0.29) is 18.5 Å². The lowest BCUT2D eigenvalue weighted by molar-refractivity contribution is -0.137. The van der Waals surface area contributed by atoms with Crippen LogP contribution in [-0.2, 0) is 4.79 Å². The Morgan fingerprint density at radius 3 is 2.17 bits per heavy atom. The maximum Gasteiger partial charge on any atom is 0.314 e. The van der Waals surface area contributed by atoms with Gasteiger partial charge in [0.1, 0.15) is 0 Å². The number of carbonyl (C=O) groups is 2. The van der Waals surface area contributed by atoms with Crippen molar-refractivity contribution >= 4 is 12.0 Å². The number of hydrogen-bond donors (Lipinski definition) is 3. The fourth-order valence-electron chi connectivity index (χ4n) is 1.80. The third-order valence-corrected chi connectivity index (χ3v) is 2.89. The Labute approximate surface area is 109 Å². The molecule has 0 radical (unpaired) electrons. The molecule has 0 bridgehead atoms. The highest BCUT2D eigenvalue weighted by molar-refractivity contribution is 5.74. The van der Waals surface area contributed by atoms with E-state index in [4.69, 9.17) is 5.11 Å². The average Bonchev–Trinajstić information content (AvgIpc) is 2.20. The maximum absolute atomic E-state index is 11.4. The number of carboxylic acids is 1. The van der Waals surface area contributed by atoms with E-state index < -0.39 is 5.97 Å². The Morgan fingerprint density at radius 2 is 1.72 bits per heavy atom. The maximum atomic E-state index is 11.4. The van der Waals surface area contributed by atoms with Crippen LogP contribution in [0.1, 0.15) is 47.0 Å². The van der Waals surface area contributed by atoms with Crippen molar-refractivity contribution in [3.05, 3.63) is 0 Å². The second-order valence-corrected chi connectivity index (χ2v) is 5.28.